The van der Waals surface area contributed by atoms with Crippen molar-refractivity contribution in [2.24, 2.45) is 0 Å². The fourth-order valence-corrected chi connectivity index (χ4v) is 3.22. The highest BCUT2D eigenvalue weighted by molar-refractivity contribution is 5.90. The molecule has 0 fully saturated rings. The number of halogens is 1. The summed E-state index contributed by atoms with van der Waals surface area (Å²) in [5.41, 5.74) is 3.30. The van der Waals surface area contributed by atoms with E-state index >= 15 is 0 Å². The first-order chi connectivity index (χ1) is 15.1. The molecule has 0 atom stereocenters. The molecule has 1 aliphatic carbocycles. The van der Waals surface area contributed by atoms with Gasteiger partial charge in [0.2, 0.25) is 0 Å². The van der Waals surface area contributed by atoms with Gasteiger partial charge in [-0.2, -0.15) is 0 Å². The van der Waals surface area contributed by atoms with Crippen molar-refractivity contribution in [3.05, 3.63) is 102 Å². The van der Waals surface area contributed by atoms with Gasteiger partial charge in [-0.3, -0.25) is 0 Å². The summed E-state index contributed by atoms with van der Waals surface area (Å²) in [6, 6.07) is 18.5. The second-order valence-corrected chi connectivity index (χ2v) is 6.96. The number of nitrogens with one attached hydrogen (secondary N) is 2. The van der Waals surface area contributed by atoms with Gasteiger partial charge in [-0.25, -0.2) is 9.18 Å². The molecule has 3 aromatic rings. The fourth-order valence-electron chi connectivity index (χ4n) is 3.22. The molecule has 5 nitrogen and oxygen atoms in total. The SMILES string of the molecule is COc1cccc(Oc2ccc3c(c2)CC(NC(=O)Nc2ccc(F)cc2)=CC=C3)c1. The Balaban J connectivity index is 1.45. The zero-order valence-electron chi connectivity index (χ0n) is 16.9. The standard InChI is InChI=1S/C25H21FN2O3/c1-30-22-6-3-7-23(16-22)31-24-13-8-17-4-2-5-21(14-18(17)15-24)28-25(29)27-20-11-9-19(26)10-12-20/h2-13,15-16H,14H2,1H3,(H2,27,28,29). The van der Waals surface area contributed by atoms with E-state index in [0.717, 1.165) is 22.6 Å². The topological polar surface area (TPSA) is 59.6 Å². The molecule has 0 aliphatic heterocycles. The van der Waals surface area contributed by atoms with Gasteiger partial charge in [0, 0.05) is 23.9 Å². The molecule has 1 aliphatic rings. The highest BCUT2D eigenvalue weighted by atomic mass is 19.1. The van der Waals surface area contributed by atoms with Crippen molar-refractivity contribution in [3.63, 3.8) is 0 Å². The van der Waals surface area contributed by atoms with Gasteiger partial charge in [0.25, 0.3) is 0 Å². The number of benzene rings is 3. The van der Waals surface area contributed by atoms with Crippen LogP contribution in [-0.4, -0.2) is 13.1 Å². The van der Waals surface area contributed by atoms with E-state index in [2.05, 4.69) is 10.6 Å². The molecule has 0 heterocycles. The Morgan fingerprint density at radius 2 is 1.71 bits per heavy atom. The Hall–Kier alpha value is -4.06. The van der Waals surface area contributed by atoms with Crippen molar-refractivity contribution in [1.82, 2.24) is 5.32 Å². The van der Waals surface area contributed by atoms with Crippen LogP contribution in [0.1, 0.15) is 11.1 Å². The molecule has 0 unspecified atom stereocenters. The molecule has 0 radical (unpaired) electrons. The summed E-state index contributed by atoms with van der Waals surface area (Å²) in [5, 5.41) is 5.55. The van der Waals surface area contributed by atoms with Crippen molar-refractivity contribution < 1.29 is 18.7 Å². The Morgan fingerprint density at radius 3 is 2.52 bits per heavy atom. The van der Waals surface area contributed by atoms with Crippen molar-refractivity contribution in [3.8, 4) is 17.2 Å². The van der Waals surface area contributed by atoms with E-state index in [1.54, 1.807) is 7.11 Å². The summed E-state index contributed by atoms with van der Waals surface area (Å²) in [6.45, 7) is 0. The van der Waals surface area contributed by atoms with Crippen LogP contribution in [0.2, 0.25) is 0 Å². The smallest absolute Gasteiger partial charge is 0.323 e. The number of amides is 2. The molecule has 2 amide bonds. The minimum absolute atomic E-state index is 0.355. The summed E-state index contributed by atoms with van der Waals surface area (Å²) in [5.74, 6) is 1.73. The van der Waals surface area contributed by atoms with Crippen molar-refractivity contribution >= 4 is 17.8 Å². The number of fused-ring (bicyclic) bond motifs is 1. The molecule has 0 spiro atoms. The predicted molar refractivity (Wildman–Crippen MR) is 119 cm³/mol. The Morgan fingerprint density at radius 1 is 0.935 bits per heavy atom. The predicted octanol–water partition coefficient (Wildman–Crippen LogP) is 5.90. The molecular formula is C25H21FN2O3. The van der Waals surface area contributed by atoms with Crippen LogP contribution in [-0.2, 0) is 6.42 Å². The molecule has 31 heavy (non-hydrogen) atoms. The van der Waals surface area contributed by atoms with Gasteiger partial charge in [0.1, 0.15) is 23.1 Å². The van der Waals surface area contributed by atoms with Crippen LogP contribution in [0, 0.1) is 5.82 Å². The number of hydrogen-bond acceptors (Lipinski definition) is 3. The number of allylic oxidation sites excluding steroid dienone is 3. The second-order valence-electron chi connectivity index (χ2n) is 6.96. The molecule has 156 valence electrons. The number of rotatable bonds is 5. The van der Waals surface area contributed by atoms with E-state index in [1.165, 1.54) is 24.3 Å². The van der Waals surface area contributed by atoms with Gasteiger partial charge in [-0.05, 0) is 65.7 Å². The Kier molecular flexibility index (Phi) is 5.98. The van der Waals surface area contributed by atoms with Crippen molar-refractivity contribution in [2.75, 3.05) is 12.4 Å². The molecule has 2 N–H and O–H groups in total. The Bertz CT molecular complexity index is 1150. The molecular weight excluding hydrogens is 395 g/mol. The van der Waals surface area contributed by atoms with Crippen LogP contribution in [0.4, 0.5) is 14.9 Å². The van der Waals surface area contributed by atoms with Gasteiger partial charge in [-0.1, -0.05) is 24.3 Å². The minimum Gasteiger partial charge on any atom is -0.497 e. The van der Waals surface area contributed by atoms with Crippen LogP contribution in [0.5, 0.6) is 17.2 Å². The quantitative estimate of drug-likeness (QED) is 0.544. The van der Waals surface area contributed by atoms with E-state index < -0.39 is 6.03 Å². The largest absolute Gasteiger partial charge is 0.497 e. The average molecular weight is 416 g/mol. The van der Waals surface area contributed by atoms with E-state index in [-0.39, 0.29) is 5.82 Å². The first-order valence-electron chi connectivity index (χ1n) is 9.75. The van der Waals surface area contributed by atoms with Crippen LogP contribution < -0.4 is 20.1 Å². The average Bonchev–Trinajstić information content (AvgIpc) is 2.96. The van der Waals surface area contributed by atoms with E-state index in [1.807, 2.05) is 60.7 Å². The van der Waals surface area contributed by atoms with Crippen LogP contribution in [0.3, 0.4) is 0 Å². The third-order valence-corrected chi connectivity index (χ3v) is 4.72. The van der Waals surface area contributed by atoms with Crippen molar-refractivity contribution in [1.29, 1.82) is 0 Å². The normalized spacial score (nSPS) is 12.3. The fraction of sp³-hybridized carbons (Fsp3) is 0.0800. The van der Waals surface area contributed by atoms with Gasteiger partial charge in [0.05, 0.1) is 7.11 Å². The molecule has 4 rings (SSSR count). The number of methoxy groups -OCH3 is 1. The van der Waals surface area contributed by atoms with Crippen LogP contribution in [0.15, 0.2) is 84.6 Å². The number of urea groups is 1. The van der Waals surface area contributed by atoms with Gasteiger partial charge in [0.15, 0.2) is 0 Å². The maximum absolute atomic E-state index is 13.0. The van der Waals surface area contributed by atoms with Gasteiger partial charge >= 0.3 is 6.03 Å². The number of ether oxygens (including phenoxy) is 2. The highest BCUT2D eigenvalue weighted by Gasteiger charge is 2.12. The van der Waals surface area contributed by atoms with Gasteiger partial charge in [-0.15, -0.1) is 0 Å². The summed E-state index contributed by atoms with van der Waals surface area (Å²) >= 11 is 0. The molecule has 6 heteroatoms. The van der Waals surface area contributed by atoms with E-state index in [9.17, 15) is 9.18 Å². The van der Waals surface area contributed by atoms with E-state index in [0.29, 0.717) is 23.6 Å². The maximum atomic E-state index is 13.0. The lowest BCUT2D eigenvalue weighted by Crippen LogP contribution is -2.28. The summed E-state index contributed by atoms with van der Waals surface area (Å²) in [7, 11) is 1.61. The third kappa shape index (κ3) is 5.30. The zero-order chi connectivity index (χ0) is 21.6. The zero-order valence-corrected chi connectivity index (χ0v) is 16.9. The number of anilines is 1. The highest BCUT2D eigenvalue weighted by Crippen LogP contribution is 2.29. The maximum Gasteiger partial charge on any atom is 0.323 e. The first-order valence-corrected chi connectivity index (χ1v) is 9.75. The summed E-state index contributed by atoms with van der Waals surface area (Å²) < 4.78 is 24.2. The monoisotopic (exact) mass is 416 g/mol. The molecule has 3 aromatic carbocycles. The lowest BCUT2D eigenvalue weighted by molar-refractivity contribution is 0.254. The van der Waals surface area contributed by atoms with Crippen LogP contribution >= 0.6 is 0 Å². The lowest BCUT2D eigenvalue weighted by atomic mass is 10.0. The summed E-state index contributed by atoms with van der Waals surface area (Å²) in [4.78, 5) is 12.3. The Labute approximate surface area is 179 Å². The van der Waals surface area contributed by atoms with Crippen molar-refractivity contribution in [2.45, 2.75) is 6.42 Å². The first kappa shape index (κ1) is 20.2. The van der Waals surface area contributed by atoms with E-state index in [4.69, 9.17) is 9.47 Å². The molecule has 0 saturated heterocycles. The minimum atomic E-state index is -0.390. The number of carbonyl (C=O) groups excluding carboxylic acids is 1. The van der Waals surface area contributed by atoms with Crippen LogP contribution in [0.25, 0.3) is 6.08 Å². The molecule has 0 aromatic heterocycles. The molecule has 0 saturated carbocycles. The van der Waals surface area contributed by atoms with Gasteiger partial charge < -0.3 is 20.1 Å². The number of hydrogen-bond donors (Lipinski definition) is 2. The third-order valence-electron chi connectivity index (χ3n) is 4.72. The molecule has 0 bridgehead atoms. The summed E-state index contributed by atoms with van der Waals surface area (Å²) in [6.07, 6.45) is 6.25. The second kappa shape index (κ2) is 9.17. The lowest BCUT2D eigenvalue weighted by Gasteiger charge is -2.13. The number of carbonyl (C=O) groups is 1.